The number of aryl methyl sites for hydroxylation is 1. The minimum absolute atomic E-state index is 0.186. The normalized spacial score (nSPS) is 11.3. The van der Waals surface area contributed by atoms with Crippen LogP contribution in [0.1, 0.15) is 30.5 Å². The molecule has 0 aliphatic heterocycles. The van der Waals surface area contributed by atoms with Crippen LogP contribution in [0, 0.1) is 12.7 Å². The van der Waals surface area contributed by atoms with E-state index in [9.17, 15) is 4.39 Å². The van der Waals surface area contributed by atoms with Crippen LogP contribution in [-0.4, -0.2) is 16.7 Å². The van der Waals surface area contributed by atoms with Crippen molar-refractivity contribution in [3.63, 3.8) is 0 Å². The quantitative estimate of drug-likeness (QED) is 0.642. The molecule has 0 bridgehead atoms. The molecule has 3 aromatic rings. The molecule has 28 heavy (non-hydrogen) atoms. The number of hydrogen-bond acceptors (Lipinski definition) is 4. The van der Waals surface area contributed by atoms with E-state index in [1.807, 2.05) is 69.3 Å². The van der Waals surface area contributed by atoms with Gasteiger partial charge < -0.3 is 11.1 Å². The number of benzene rings is 2. The Kier molecular flexibility index (Phi) is 5.45. The van der Waals surface area contributed by atoms with Crippen molar-refractivity contribution >= 4 is 11.5 Å². The molecular formula is C23H25FN4. The van der Waals surface area contributed by atoms with Crippen molar-refractivity contribution < 1.29 is 4.39 Å². The standard InChI is InChI=1S/C23H25FN4/c1-15-8-9-19(20(24)12-15)23(3,4)14-26-22-11-10-21(27-28-22)18-7-5-6-17(13-18)16(2)25/h5-13H,2,14,25H2,1,3-4H3,(H,26,28). The Hall–Kier alpha value is -3.21. The maximum atomic E-state index is 14.3. The Morgan fingerprint density at radius 1 is 1.11 bits per heavy atom. The molecule has 0 spiro atoms. The van der Waals surface area contributed by atoms with Crippen molar-refractivity contribution in [2.45, 2.75) is 26.2 Å². The highest BCUT2D eigenvalue weighted by molar-refractivity contribution is 5.68. The Morgan fingerprint density at radius 3 is 2.54 bits per heavy atom. The zero-order valence-electron chi connectivity index (χ0n) is 16.5. The first kappa shape index (κ1) is 19.5. The largest absolute Gasteiger partial charge is 0.399 e. The second-order valence-electron chi connectivity index (χ2n) is 7.63. The maximum absolute atomic E-state index is 14.3. The summed E-state index contributed by atoms with van der Waals surface area (Å²) in [5.41, 5.74) is 10.0. The SMILES string of the molecule is C=C(N)c1cccc(-c2ccc(NCC(C)(C)c3ccc(C)cc3F)nn2)c1. The molecule has 5 heteroatoms. The summed E-state index contributed by atoms with van der Waals surface area (Å²) in [4.78, 5) is 0. The van der Waals surface area contributed by atoms with Crippen molar-refractivity contribution in [2.75, 3.05) is 11.9 Å². The monoisotopic (exact) mass is 376 g/mol. The zero-order chi connectivity index (χ0) is 20.3. The van der Waals surface area contributed by atoms with E-state index in [1.54, 1.807) is 6.07 Å². The molecule has 0 atom stereocenters. The van der Waals surface area contributed by atoms with Gasteiger partial charge in [-0.3, -0.25) is 0 Å². The fraction of sp³-hybridized carbons (Fsp3) is 0.217. The topological polar surface area (TPSA) is 63.8 Å². The molecule has 0 radical (unpaired) electrons. The average Bonchev–Trinajstić information content (AvgIpc) is 2.66. The van der Waals surface area contributed by atoms with Crippen LogP contribution in [0.25, 0.3) is 17.0 Å². The second kappa shape index (κ2) is 7.80. The number of halogens is 1. The molecule has 0 saturated heterocycles. The van der Waals surface area contributed by atoms with Gasteiger partial charge in [0.25, 0.3) is 0 Å². The van der Waals surface area contributed by atoms with Gasteiger partial charge in [0.1, 0.15) is 11.6 Å². The third-order valence-electron chi connectivity index (χ3n) is 4.76. The van der Waals surface area contributed by atoms with Gasteiger partial charge in [-0.05, 0) is 47.9 Å². The van der Waals surface area contributed by atoms with Gasteiger partial charge >= 0.3 is 0 Å². The lowest BCUT2D eigenvalue weighted by Crippen LogP contribution is -2.29. The van der Waals surface area contributed by atoms with Crippen molar-refractivity contribution in [2.24, 2.45) is 5.73 Å². The van der Waals surface area contributed by atoms with Gasteiger partial charge in [-0.1, -0.05) is 50.8 Å². The lowest BCUT2D eigenvalue weighted by atomic mass is 9.84. The van der Waals surface area contributed by atoms with Crippen LogP contribution in [0.15, 0.2) is 61.2 Å². The maximum Gasteiger partial charge on any atom is 0.148 e. The average molecular weight is 376 g/mol. The summed E-state index contributed by atoms with van der Waals surface area (Å²) < 4.78 is 14.3. The minimum Gasteiger partial charge on any atom is -0.399 e. The van der Waals surface area contributed by atoms with Crippen LogP contribution in [0.5, 0.6) is 0 Å². The van der Waals surface area contributed by atoms with E-state index in [4.69, 9.17) is 5.73 Å². The molecule has 144 valence electrons. The third kappa shape index (κ3) is 4.36. The highest BCUT2D eigenvalue weighted by Crippen LogP contribution is 2.27. The number of aromatic nitrogens is 2. The Labute approximate surface area is 165 Å². The Morgan fingerprint density at radius 2 is 1.89 bits per heavy atom. The number of nitrogens with zero attached hydrogens (tertiary/aromatic N) is 2. The van der Waals surface area contributed by atoms with Gasteiger partial charge in [0.15, 0.2) is 0 Å². The predicted molar refractivity (Wildman–Crippen MR) is 113 cm³/mol. The molecule has 2 aromatic carbocycles. The predicted octanol–water partition coefficient (Wildman–Crippen LogP) is 4.91. The molecule has 0 aliphatic rings. The van der Waals surface area contributed by atoms with Crippen molar-refractivity contribution in [1.82, 2.24) is 10.2 Å². The van der Waals surface area contributed by atoms with Gasteiger partial charge in [-0.2, -0.15) is 0 Å². The number of rotatable bonds is 6. The molecule has 0 aliphatic carbocycles. The van der Waals surface area contributed by atoms with E-state index in [1.165, 1.54) is 0 Å². The molecule has 3 rings (SSSR count). The third-order valence-corrected chi connectivity index (χ3v) is 4.76. The lowest BCUT2D eigenvalue weighted by Gasteiger charge is -2.26. The highest BCUT2D eigenvalue weighted by atomic mass is 19.1. The van der Waals surface area contributed by atoms with Crippen molar-refractivity contribution in [1.29, 1.82) is 0 Å². The Balaban J connectivity index is 1.72. The highest BCUT2D eigenvalue weighted by Gasteiger charge is 2.24. The smallest absolute Gasteiger partial charge is 0.148 e. The van der Waals surface area contributed by atoms with Gasteiger partial charge in [-0.15, -0.1) is 10.2 Å². The van der Waals surface area contributed by atoms with E-state index in [2.05, 4.69) is 22.1 Å². The van der Waals surface area contributed by atoms with E-state index in [-0.39, 0.29) is 5.82 Å². The summed E-state index contributed by atoms with van der Waals surface area (Å²) in [5, 5.41) is 11.8. The molecule has 0 amide bonds. The minimum atomic E-state index is -0.395. The van der Waals surface area contributed by atoms with Crippen molar-refractivity contribution in [3.05, 3.63) is 83.7 Å². The van der Waals surface area contributed by atoms with Crippen LogP contribution >= 0.6 is 0 Å². The summed E-state index contributed by atoms with van der Waals surface area (Å²) in [6.45, 7) is 10.2. The van der Waals surface area contributed by atoms with Crippen LogP contribution in [-0.2, 0) is 5.41 Å². The molecule has 4 nitrogen and oxygen atoms in total. The molecule has 3 N–H and O–H groups in total. The fourth-order valence-corrected chi connectivity index (χ4v) is 3.03. The summed E-state index contributed by atoms with van der Waals surface area (Å²) in [6, 6.07) is 16.8. The van der Waals surface area contributed by atoms with E-state index < -0.39 is 5.41 Å². The van der Waals surface area contributed by atoms with Gasteiger partial charge in [0, 0.05) is 23.2 Å². The first-order chi connectivity index (χ1) is 13.3. The zero-order valence-corrected chi connectivity index (χ0v) is 16.5. The molecule has 0 saturated carbocycles. The molecule has 1 heterocycles. The van der Waals surface area contributed by atoms with E-state index in [0.29, 0.717) is 23.6 Å². The van der Waals surface area contributed by atoms with Crippen LogP contribution in [0.4, 0.5) is 10.2 Å². The molecule has 0 fully saturated rings. The number of anilines is 1. The number of nitrogens with two attached hydrogens (primary N) is 1. The Bertz CT molecular complexity index is 994. The van der Waals surface area contributed by atoms with E-state index in [0.717, 1.165) is 22.4 Å². The second-order valence-corrected chi connectivity index (χ2v) is 7.63. The lowest BCUT2D eigenvalue weighted by molar-refractivity contribution is 0.503. The van der Waals surface area contributed by atoms with Crippen LogP contribution in [0.2, 0.25) is 0 Å². The molecular weight excluding hydrogens is 351 g/mol. The van der Waals surface area contributed by atoms with Crippen LogP contribution < -0.4 is 11.1 Å². The van der Waals surface area contributed by atoms with Gasteiger partial charge in [0.2, 0.25) is 0 Å². The summed E-state index contributed by atoms with van der Waals surface area (Å²) in [7, 11) is 0. The van der Waals surface area contributed by atoms with Gasteiger partial charge in [-0.25, -0.2) is 4.39 Å². The molecule has 0 unspecified atom stereocenters. The van der Waals surface area contributed by atoms with Gasteiger partial charge in [0.05, 0.1) is 5.69 Å². The number of nitrogens with one attached hydrogen (secondary N) is 1. The van der Waals surface area contributed by atoms with Crippen LogP contribution in [0.3, 0.4) is 0 Å². The fourth-order valence-electron chi connectivity index (χ4n) is 3.03. The summed E-state index contributed by atoms with van der Waals surface area (Å²) in [6.07, 6.45) is 0. The molecule has 1 aromatic heterocycles. The van der Waals surface area contributed by atoms with Crippen molar-refractivity contribution in [3.8, 4) is 11.3 Å². The first-order valence-electron chi connectivity index (χ1n) is 9.16. The summed E-state index contributed by atoms with van der Waals surface area (Å²) in [5.74, 6) is 0.457. The number of hydrogen-bond donors (Lipinski definition) is 2. The first-order valence-corrected chi connectivity index (χ1v) is 9.16. The van der Waals surface area contributed by atoms with E-state index >= 15 is 0 Å². The summed E-state index contributed by atoms with van der Waals surface area (Å²) >= 11 is 0.